The first-order chi connectivity index (χ1) is 9.31. The molecule has 0 spiro atoms. The van der Waals surface area contributed by atoms with Gasteiger partial charge in [-0.2, -0.15) is 5.26 Å². The molecule has 1 aliphatic rings. The van der Waals surface area contributed by atoms with Crippen LogP contribution in [0.15, 0.2) is 0 Å². The van der Waals surface area contributed by atoms with E-state index in [1.807, 2.05) is 4.90 Å². The second-order valence-corrected chi connectivity index (χ2v) is 6.86. The fraction of sp³-hybridized carbons (Fsp3) is 0.867. The first-order valence-corrected chi connectivity index (χ1v) is 7.44. The van der Waals surface area contributed by atoms with Crippen LogP contribution in [0.4, 0.5) is 0 Å². The van der Waals surface area contributed by atoms with Crippen molar-refractivity contribution in [3.63, 3.8) is 0 Å². The molecular formula is C15H28N4O. The maximum Gasteiger partial charge on any atom is 0.224 e. The Morgan fingerprint density at radius 2 is 1.90 bits per heavy atom. The van der Waals surface area contributed by atoms with Gasteiger partial charge in [-0.3, -0.25) is 9.69 Å². The summed E-state index contributed by atoms with van der Waals surface area (Å²) in [5.41, 5.74) is 6.23. The molecular weight excluding hydrogens is 252 g/mol. The molecule has 1 rings (SSSR count). The van der Waals surface area contributed by atoms with Gasteiger partial charge in [0.25, 0.3) is 0 Å². The predicted octanol–water partition coefficient (Wildman–Crippen LogP) is 1.20. The monoisotopic (exact) mass is 280 g/mol. The average Bonchev–Trinajstić information content (AvgIpc) is 2.34. The highest BCUT2D eigenvalue weighted by Gasteiger charge is 2.24. The Hall–Kier alpha value is -1.12. The van der Waals surface area contributed by atoms with Crippen LogP contribution in [-0.2, 0) is 4.79 Å². The quantitative estimate of drug-likeness (QED) is 0.821. The molecule has 114 valence electrons. The summed E-state index contributed by atoms with van der Waals surface area (Å²) in [6.07, 6.45) is 1.86. The maximum atomic E-state index is 12.2. The summed E-state index contributed by atoms with van der Waals surface area (Å²) in [4.78, 5) is 16.3. The van der Waals surface area contributed by atoms with Gasteiger partial charge < -0.3 is 10.6 Å². The highest BCUT2D eigenvalue weighted by molar-refractivity contribution is 5.76. The molecule has 1 fully saturated rings. The van der Waals surface area contributed by atoms with Crippen molar-refractivity contribution < 1.29 is 4.79 Å². The first kappa shape index (κ1) is 16.9. The molecule has 0 radical (unpaired) electrons. The lowest BCUT2D eigenvalue weighted by molar-refractivity contribution is -0.133. The Labute approximate surface area is 122 Å². The molecule has 1 atom stereocenters. The van der Waals surface area contributed by atoms with Gasteiger partial charge >= 0.3 is 0 Å². The summed E-state index contributed by atoms with van der Waals surface area (Å²) in [5, 5.41) is 8.57. The van der Waals surface area contributed by atoms with Crippen LogP contribution in [0, 0.1) is 16.7 Å². The number of nitriles is 1. The van der Waals surface area contributed by atoms with Gasteiger partial charge in [-0.05, 0) is 11.8 Å². The van der Waals surface area contributed by atoms with Gasteiger partial charge in [-0.1, -0.05) is 20.8 Å². The van der Waals surface area contributed by atoms with Gasteiger partial charge in [0.15, 0.2) is 0 Å². The van der Waals surface area contributed by atoms with Crippen LogP contribution >= 0.6 is 0 Å². The minimum absolute atomic E-state index is 0.0564. The second-order valence-electron chi connectivity index (χ2n) is 6.86. The molecule has 20 heavy (non-hydrogen) atoms. The molecule has 5 heteroatoms. The number of carbonyl (C=O) groups excluding carboxylic acids is 1. The third-order valence-corrected chi connectivity index (χ3v) is 3.58. The van der Waals surface area contributed by atoms with Crippen LogP contribution in [0.1, 0.15) is 40.0 Å². The molecule has 0 aromatic rings. The van der Waals surface area contributed by atoms with Crippen molar-refractivity contribution in [1.82, 2.24) is 9.80 Å². The Kier molecular flexibility index (Phi) is 6.44. The normalized spacial score (nSPS) is 18.6. The van der Waals surface area contributed by atoms with E-state index in [-0.39, 0.29) is 17.4 Å². The molecule has 1 aliphatic heterocycles. The largest absolute Gasteiger partial charge is 0.340 e. The summed E-state index contributed by atoms with van der Waals surface area (Å²) in [5.74, 6) is 0.168. The molecule has 0 bridgehead atoms. The SMILES string of the molecule is CC(C)(C)CC(N)CC(=O)N1CCN(CCC#N)CC1. The minimum atomic E-state index is -0.0564. The fourth-order valence-electron chi connectivity index (χ4n) is 2.64. The van der Waals surface area contributed by atoms with E-state index < -0.39 is 0 Å². The van der Waals surface area contributed by atoms with E-state index in [4.69, 9.17) is 11.0 Å². The Balaban J connectivity index is 2.30. The summed E-state index contributed by atoms with van der Waals surface area (Å²) in [6, 6.07) is 2.10. The Bertz CT molecular complexity index is 348. The van der Waals surface area contributed by atoms with Crippen LogP contribution in [0.25, 0.3) is 0 Å². The highest BCUT2D eigenvalue weighted by Crippen LogP contribution is 2.21. The van der Waals surface area contributed by atoms with Crippen LogP contribution in [0.5, 0.6) is 0 Å². The molecule has 1 unspecified atom stereocenters. The van der Waals surface area contributed by atoms with Gasteiger partial charge in [0, 0.05) is 51.6 Å². The molecule has 0 aromatic carbocycles. The zero-order valence-corrected chi connectivity index (χ0v) is 13.1. The lowest BCUT2D eigenvalue weighted by atomic mass is 9.87. The van der Waals surface area contributed by atoms with Crippen molar-refractivity contribution in [3.05, 3.63) is 0 Å². The van der Waals surface area contributed by atoms with Crippen molar-refractivity contribution in [1.29, 1.82) is 5.26 Å². The van der Waals surface area contributed by atoms with Crippen LogP contribution in [0.2, 0.25) is 0 Å². The van der Waals surface area contributed by atoms with Crippen molar-refractivity contribution >= 4 is 5.91 Å². The summed E-state index contributed by atoms with van der Waals surface area (Å²) >= 11 is 0. The van der Waals surface area contributed by atoms with E-state index in [0.29, 0.717) is 12.8 Å². The summed E-state index contributed by atoms with van der Waals surface area (Å²) in [6.45, 7) is 10.5. The number of piperazine rings is 1. The van der Waals surface area contributed by atoms with Gasteiger partial charge in [-0.25, -0.2) is 0 Å². The van der Waals surface area contributed by atoms with E-state index in [1.165, 1.54) is 0 Å². The molecule has 2 N–H and O–H groups in total. The molecule has 1 heterocycles. The van der Waals surface area contributed by atoms with Gasteiger partial charge in [0.2, 0.25) is 5.91 Å². The topological polar surface area (TPSA) is 73.4 Å². The Morgan fingerprint density at radius 3 is 2.40 bits per heavy atom. The van der Waals surface area contributed by atoms with E-state index in [9.17, 15) is 4.79 Å². The van der Waals surface area contributed by atoms with Crippen molar-refractivity contribution in [3.8, 4) is 6.07 Å². The van der Waals surface area contributed by atoms with E-state index in [0.717, 1.165) is 39.1 Å². The summed E-state index contributed by atoms with van der Waals surface area (Å²) in [7, 11) is 0. The fourth-order valence-corrected chi connectivity index (χ4v) is 2.64. The lowest BCUT2D eigenvalue weighted by Crippen LogP contribution is -2.49. The average molecular weight is 280 g/mol. The standard InChI is InChI=1S/C15H28N4O/c1-15(2,3)12-13(17)11-14(20)19-9-7-18(8-10-19)6-4-5-16/h13H,4,6-12,17H2,1-3H3. The molecule has 0 aromatic heterocycles. The van der Waals surface area contributed by atoms with E-state index >= 15 is 0 Å². The second kappa shape index (κ2) is 7.61. The van der Waals surface area contributed by atoms with Crippen molar-refractivity contribution in [2.45, 2.75) is 46.1 Å². The number of rotatable bonds is 5. The van der Waals surface area contributed by atoms with Gasteiger partial charge in [0.1, 0.15) is 0 Å². The van der Waals surface area contributed by atoms with Crippen LogP contribution in [0.3, 0.4) is 0 Å². The smallest absolute Gasteiger partial charge is 0.224 e. The number of nitrogens with two attached hydrogens (primary N) is 1. The number of hydrogen-bond donors (Lipinski definition) is 1. The molecule has 0 saturated carbocycles. The van der Waals surface area contributed by atoms with Gasteiger partial charge in [-0.15, -0.1) is 0 Å². The first-order valence-electron chi connectivity index (χ1n) is 7.44. The third kappa shape index (κ3) is 6.36. The highest BCUT2D eigenvalue weighted by atomic mass is 16.2. The van der Waals surface area contributed by atoms with Gasteiger partial charge in [0.05, 0.1) is 6.07 Å². The number of nitrogens with zero attached hydrogens (tertiary/aromatic N) is 3. The number of amides is 1. The predicted molar refractivity (Wildman–Crippen MR) is 79.9 cm³/mol. The molecule has 1 amide bonds. The maximum absolute atomic E-state index is 12.2. The summed E-state index contributed by atoms with van der Waals surface area (Å²) < 4.78 is 0. The van der Waals surface area contributed by atoms with Crippen LogP contribution < -0.4 is 5.73 Å². The molecule has 0 aliphatic carbocycles. The van der Waals surface area contributed by atoms with Crippen molar-refractivity contribution in [2.24, 2.45) is 11.1 Å². The minimum Gasteiger partial charge on any atom is -0.340 e. The third-order valence-electron chi connectivity index (χ3n) is 3.58. The number of hydrogen-bond acceptors (Lipinski definition) is 4. The Morgan fingerprint density at radius 1 is 1.30 bits per heavy atom. The number of carbonyl (C=O) groups is 1. The van der Waals surface area contributed by atoms with E-state index in [2.05, 4.69) is 31.7 Å². The van der Waals surface area contributed by atoms with Crippen LogP contribution in [-0.4, -0.2) is 54.5 Å². The molecule has 1 saturated heterocycles. The zero-order chi connectivity index (χ0) is 15.2. The van der Waals surface area contributed by atoms with Crippen molar-refractivity contribution in [2.75, 3.05) is 32.7 Å². The van der Waals surface area contributed by atoms with E-state index in [1.54, 1.807) is 0 Å². The molecule has 5 nitrogen and oxygen atoms in total. The zero-order valence-electron chi connectivity index (χ0n) is 13.1. The lowest BCUT2D eigenvalue weighted by Gasteiger charge is -2.35.